The second kappa shape index (κ2) is 13.4. The molecule has 0 saturated carbocycles. The van der Waals surface area contributed by atoms with Crippen LogP contribution in [0.5, 0.6) is 5.75 Å². The zero-order chi connectivity index (χ0) is 32.1. The van der Waals surface area contributed by atoms with Gasteiger partial charge in [-0.1, -0.05) is 54.6 Å². The molecule has 1 N–H and O–H groups in total. The number of benzene rings is 3. The molecule has 45 heavy (non-hydrogen) atoms. The van der Waals surface area contributed by atoms with Crippen molar-refractivity contribution >= 4 is 35.3 Å². The van der Waals surface area contributed by atoms with E-state index < -0.39 is 29.5 Å². The molecule has 0 aliphatic carbocycles. The van der Waals surface area contributed by atoms with Crippen molar-refractivity contribution in [3.8, 4) is 16.9 Å². The van der Waals surface area contributed by atoms with Crippen LogP contribution in [0.4, 0.5) is 16.2 Å². The topological polar surface area (TPSA) is 114 Å². The molecule has 0 radical (unpaired) electrons. The third-order valence-electron chi connectivity index (χ3n) is 7.79. The summed E-state index contributed by atoms with van der Waals surface area (Å²) >= 11 is 0. The minimum absolute atomic E-state index is 0.169. The molecule has 2 aliphatic rings. The Bertz CT molecular complexity index is 1570. The van der Waals surface area contributed by atoms with Gasteiger partial charge in [0.2, 0.25) is 5.91 Å². The van der Waals surface area contributed by atoms with Crippen LogP contribution in [0.3, 0.4) is 0 Å². The molecule has 0 bridgehead atoms. The maximum atomic E-state index is 14.1. The number of carbonyl (C=O) groups is 4. The fourth-order valence-electron chi connectivity index (χ4n) is 5.71. The summed E-state index contributed by atoms with van der Waals surface area (Å²) in [5.41, 5.74) is 3.24. The number of nitrogens with zero attached hydrogens (tertiary/aromatic N) is 2. The molecule has 2 heterocycles. The lowest BCUT2D eigenvalue weighted by Gasteiger charge is -2.38. The molecule has 0 spiro atoms. The average Bonchev–Trinajstić information content (AvgIpc) is 3.02. The number of piperidine rings is 1. The van der Waals surface area contributed by atoms with Crippen LogP contribution < -0.4 is 15.0 Å². The Kier molecular flexibility index (Phi) is 9.41. The number of likely N-dealkylation sites (tertiary alicyclic amines) is 1. The number of carbonyl (C=O) groups excluding carboxylic acids is 4. The van der Waals surface area contributed by atoms with Crippen LogP contribution in [0, 0.1) is 5.92 Å². The first kappa shape index (κ1) is 31.6. The standard InChI is InChI=1S/C35H39N3O7/c1-5-43-32(40)21-38-29-19-26(14-15-30(29)44-22-31(38)39)36-33(41)28-20-37(34(42)45-35(2,3)4)17-16-27(28)25-13-9-12-24(18-25)23-10-7-6-8-11-23/h6-15,18-19,27-28H,5,16-17,20-22H2,1-4H3,(H,36,41)/t27-,28+/m1/s1. The van der Waals surface area contributed by atoms with Gasteiger partial charge in [-0.3, -0.25) is 19.3 Å². The van der Waals surface area contributed by atoms with Crippen molar-refractivity contribution in [2.24, 2.45) is 5.92 Å². The summed E-state index contributed by atoms with van der Waals surface area (Å²) in [7, 11) is 0. The number of anilines is 2. The Labute approximate surface area is 263 Å². The first-order valence-electron chi connectivity index (χ1n) is 15.2. The van der Waals surface area contributed by atoms with Gasteiger partial charge in [-0.25, -0.2) is 4.79 Å². The molecule has 1 saturated heterocycles. The summed E-state index contributed by atoms with van der Waals surface area (Å²) in [5.74, 6) is -1.56. The van der Waals surface area contributed by atoms with Crippen LogP contribution in [0.15, 0.2) is 72.8 Å². The second-order valence-corrected chi connectivity index (χ2v) is 12.2. The van der Waals surface area contributed by atoms with Crippen molar-refractivity contribution in [1.29, 1.82) is 0 Å². The van der Waals surface area contributed by atoms with Gasteiger partial charge in [0, 0.05) is 18.8 Å². The van der Waals surface area contributed by atoms with Gasteiger partial charge in [0.1, 0.15) is 17.9 Å². The number of nitrogens with one attached hydrogen (secondary N) is 1. The van der Waals surface area contributed by atoms with Gasteiger partial charge in [-0.05, 0) is 74.9 Å². The van der Waals surface area contributed by atoms with Crippen LogP contribution >= 0.6 is 0 Å². The van der Waals surface area contributed by atoms with Crippen molar-refractivity contribution in [2.45, 2.75) is 45.6 Å². The van der Waals surface area contributed by atoms with Gasteiger partial charge in [-0.2, -0.15) is 0 Å². The highest BCUT2D eigenvalue weighted by molar-refractivity contribution is 6.02. The molecule has 10 nitrogen and oxygen atoms in total. The van der Waals surface area contributed by atoms with Crippen molar-refractivity contribution in [3.63, 3.8) is 0 Å². The highest BCUT2D eigenvalue weighted by Crippen LogP contribution is 2.38. The van der Waals surface area contributed by atoms with Crippen LogP contribution in [-0.4, -0.2) is 67.2 Å². The third kappa shape index (κ3) is 7.63. The molecule has 2 aliphatic heterocycles. The number of hydrogen-bond acceptors (Lipinski definition) is 7. The van der Waals surface area contributed by atoms with Gasteiger partial charge in [-0.15, -0.1) is 0 Å². The number of fused-ring (bicyclic) bond motifs is 1. The Balaban J connectivity index is 1.42. The van der Waals surface area contributed by atoms with Crippen molar-refractivity contribution in [1.82, 2.24) is 4.90 Å². The van der Waals surface area contributed by atoms with Crippen molar-refractivity contribution in [3.05, 3.63) is 78.4 Å². The van der Waals surface area contributed by atoms with Crippen LogP contribution in [-0.2, 0) is 23.9 Å². The molecule has 5 rings (SSSR count). The van der Waals surface area contributed by atoms with Gasteiger partial charge in [0.05, 0.1) is 18.2 Å². The average molecular weight is 614 g/mol. The van der Waals surface area contributed by atoms with Crippen LogP contribution in [0.25, 0.3) is 11.1 Å². The van der Waals surface area contributed by atoms with Gasteiger partial charge in [0.25, 0.3) is 5.91 Å². The fourth-order valence-corrected chi connectivity index (χ4v) is 5.71. The first-order valence-corrected chi connectivity index (χ1v) is 15.2. The smallest absolute Gasteiger partial charge is 0.410 e. The van der Waals surface area contributed by atoms with E-state index in [0.717, 1.165) is 16.7 Å². The summed E-state index contributed by atoms with van der Waals surface area (Å²) in [6, 6.07) is 23.2. The number of esters is 1. The number of ether oxygens (including phenoxy) is 3. The Hall–Kier alpha value is -4.86. The molecule has 3 amide bonds. The van der Waals surface area contributed by atoms with E-state index in [1.165, 1.54) is 4.90 Å². The lowest BCUT2D eigenvalue weighted by Crippen LogP contribution is -2.48. The quantitative estimate of drug-likeness (QED) is 0.344. The molecule has 10 heteroatoms. The molecule has 236 valence electrons. The summed E-state index contributed by atoms with van der Waals surface area (Å²) in [5, 5.41) is 3.00. The molecule has 1 fully saturated rings. The molecule has 3 aromatic rings. The summed E-state index contributed by atoms with van der Waals surface area (Å²) in [6.45, 7) is 7.46. The van der Waals surface area contributed by atoms with E-state index in [1.807, 2.05) is 69.3 Å². The number of rotatable bonds is 7. The normalized spacial score (nSPS) is 18.0. The first-order chi connectivity index (χ1) is 21.5. The highest BCUT2D eigenvalue weighted by Gasteiger charge is 2.39. The number of hydrogen-bond donors (Lipinski definition) is 1. The maximum absolute atomic E-state index is 14.1. The van der Waals surface area contributed by atoms with Crippen molar-refractivity contribution in [2.75, 3.05) is 43.1 Å². The number of amides is 3. The Morgan fingerprint density at radius 3 is 2.47 bits per heavy atom. The highest BCUT2D eigenvalue weighted by atomic mass is 16.6. The summed E-state index contributed by atoms with van der Waals surface area (Å²) < 4.78 is 16.3. The van der Waals surface area contributed by atoms with Gasteiger partial charge in [0.15, 0.2) is 6.61 Å². The lowest BCUT2D eigenvalue weighted by atomic mass is 9.79. The zero-order valence-corrected chi connectivity index (χ0v) is 26.1. The van der Waals surface area contributed by atoms with Crippen LogP contribution in [0.2, 0.25) is 0 Å². The summed E-state index contributed by atoms with van der Waals surface area (Å²) in [4.78, 5) is 54.9. The SMILES string of the molecule is CCOC(=O)CN1C(=O)COc2ccc(NC(=O)[C@H]3CN(C(=O)OC(C)(C)C)CC[C@@H]3c3cccc(-c4ccccc4)c3)cc21. The van der Waals surface area contributed by atoms with E-state index in [4.69, 9.17) is 14.2 Å². The van der Waals surface area contributed by atoms with E-state index >= 15 is 0 Å². The molecule has 0 aromatic heterocycles. The van der Waals surface area contributed by atoms with E-state index in [-0.39, 0.29) is 38.1 Å². The van der Waals surface area contributed by atoms with Gasteiger partial charge < -0.3 is 24.4 Å². The Morgan fingerprint density at radius 2 is 1.73 bits per heavy atom. The van der Waals surface area contributed by atoms with Crippen molar-refractivity contribution < 1.29 is 33.4 Å². The molecule has 3 aromatic carbocycles. The van der Waals surface area contributed by atoms with Gasteiger partial charge >= 0.3 is 12.1 Å². The predicted molar refractivity (Wildman–Crippen MR) is 170 cm³/mol. The second-order valence-electron chi connectivity index (χ2n) is 12.2. The molecule has 2 atom stereocenters. The minimum atomic E-state index is -0.673. The molecule has 0 unspecified atom stereocenters. The van der Waals surface area contributed by atoms with E-state index in [9.17, 15) is 19.2 Å². The van der Waals surface area contributed by atoms with E-state index in [2.05, 4.69) is 11.4 Å². The third-order valence-corrected chi connectivity index (χ3v) is 7.79. The zero-order valence-electron chi connectivity index (χ0n) is 26.1. The molecular formula is C35H39N3O7. The predicted octanol–water partition coefficient (Wildman–Crippen LogP) is 5.62. The minimum Gasteiger partial charge on any atom is -0.482 e. The van der Waals surface area contributed by atoms with Crippen LogP contribution in [0.1, 0.15) is 45.6 Å². The Morgan fingerprint density at radius 1 is 0.978 bits per heavy atom. The fraction of sp³-hybridized carbons (Fsp3) is 0.371. The summed E-state index contributed by atoms with van der Waals surface area (Å²) in [6.07, 6.45) is 0.103. The largest absolute Gasteiger partial charge is 0.482 e. The maximum Gasteiger partial charge on any atom is 0.410 e. The van der Waals surface area contributed by atoms with E-state index in [1.54, 1.807) is 30.0 Å². The monoisotopic (exact) mass is 613 g/mol. The lowest BCUT2D eigenvalue weighted by molar-refractivity contribution is -0.142. The molecular weight excluding hydrogens is 574 g/mol. The van der Waals surface area contributed by atoms with E-state index in [0.29, 0.717) is 30.1 Å².